The molecule has 0 atom stereocenters. The van der Waals surface area contributed by atoms with Crippen molar-refractivity contribution in [3.63, 3.8) is 0 Å². The van der Waals surface area contributed by atoms with E-state index in [1.54, 1.807) is 6.07 Å². The number of rotatable bonds is 0. The molecule has 2 aromatic carbocycles. The van der Waals surface area contributed by atoms with Crippen molar-refractivity contribution >= 4 is 16.7 Å². The lowest BCUT2D eigenvalue weighted by Gasteiger charge is -1.99. The largest absolute Gasteiger partial charge is 0.351 e. The molecule has 0 aliphatic heterocycles. The van der Waals surface area contributed by atoms with Crippen LogP contribution in [0.2, 0.25) is 0 Å². The molecule has 0 unspecified atom stereocenters. The summed E-state index contributed by atoms with van der Waals surface area (Å²) in [6, 6.07) is 12.1. The highest BCUT2D eigenvalue weighted by Gasteiger charge is 2.30. The van der Waals surface area contributed by atoms with E-state index in [4.69, 9.17) is 0 Å². The van der Waals surface area contributed by atoms with Crippen LogP contribution >= 0.6 is 0 Å². The molecular weight excluding hydrogens is 229 g/mol. The van der Waals surface area contributed by atoms with E-state index in [1.165, 1.54) is 12.1 Å². The third-order valence-electron chi connectivity index (χ3n) is 3.43. The van der Waals surface area contributed by atoms with Gasteiger partial charge in [-0.1, -0.05) is 24.3 Å². The van der Waals surface area contributed by atoms with Crippen LogP contribution in [-0.2, 0) is 0 Å². The maximum Gasteiger partial charge on any atom is 0.210 e. The van der Waals surface area contributed by atoms with Crippen molar-refractivity contribution in [3.05, 3.63) is 59.5 Å². The number of carbonyl (C=O) groups is 1. The van der Waals surface area contributed by atoms with Gasteiger partial charge in [-0.2, -0.15) is 0 Å². The Morgan fingerprint density at radius 3 is 2.72 bits per heavy atom. The number of carbonyl (C=O) groups excluding carboxylic acids is 1. The molecule has 0 saturated carbocycles. The van der Waals surface area contributed by atoms with Crippen LogP contribution in [0.15, 0.2) is 42.5 Å². The summed E-state index contributed by atoms with van der Waals surface area (Å²) in [5, 5.41) is 1.01. The summed E-state index contributed by atoms with van der Waals surface area (Å²) in [5.41, 5.74) is 3.66. The molecule has 0 spiro atoms. The van der Waals surface area contributed by atoms with Crippen LogP contribution in [0.3, 0.4) is 0 Å². The number of fused-ring (bicyclic) bond motifs is 5. The number of benzene rings is 2. The molecule has 1 N–H and O–H groups in total. The molecule has 2 nitrogen and oxygen atoms in total. The molecule has 1 heterocycles. The number of ketones is 1. The quantitative estimate of drug-likeness (QED) is 0.498. The topological polar surface area (TPSA) is 32.9 Å². The number of hydrogen-bond acceptors (Lipinski definition) is 1. The van der Waals surface area contributed by atoms with Gasteiger partial charge in [0.25, 0.3) is 0 Å². The number of aromatic amines is 1. The number of aromatic nitrogens is 1. The second-order valence-corrected chi connectivity index (χ2v) is 4.44. The average Bonchev–Trinajstić information content (AvgIpc) is 2.87. The van der Waals surface area contributed by atoms with Gasteiger partial charge in [0.1, 0.15) is 5.82 Å². The fourth-order valence-corrected chi connectivity index (χ4v) is 2.65. The SMILES string of the molecule is O=C1c2cc(F)ccc2-c2c1[nH]c1ccccc21. The first-order valence-electron chi connectivity index (χ1n) is 5.71. The zero-order chi connectivity index (χ0) is 12.3. The van der Waals surface area contributed by atoms with Gasteiger partial charge >= 0.3 is 0 Å². The first kappa shape index (κ1) is 9.59. The first-order chi connectivity index (χ1) is 8.75. The van der Waals surface area contributed by atoms with E-state index < -0.39 is 0 Å². The summed E-state index contributed by atoms with van der Waals surface area (Å²) < 4.78 is 13.2. The van der Waals surface area contributed by atoms with Gasteiger partial charge in [-0.25, -0.2) is 4.39 Å². The lowest BCUT2D eigenvalue weighted by atomic mass is 10.0. The molecule has 1 aliphatic rings. The Labute approximate surface area is 102 Å². The van der Waals surface area contributed by atoms with Crippen molar-refractivity contribution in [1.29, 1.82) is 0 Å². The van der Waals surface area contributed by atoms with Gasteiger partial charge in [-0.05, 0) is 23.8 Å². The minimum atomic E-state index is -0.378. The average molecular weight is 237 g/mol. The number of nitrogens with one attached hydrogen (secondary N) is 1. The number of hydrogen-bond donors (Lipinski definition) is 1. The van der Waals surface area contributed by atoms with Crippen LogP contribution < -0.4 is 0 Å². The molecule has 0 fully saturated rings. The van der Waals surface area contributed by atoms with E-state index in [2.05, 4.69) is 4.98 Å². The van der Waals surface area contributed by atoms with E-state index in [-0.39, 0.29) is 11.6 Å². The van der Waals surface area contributed by atoms with Gasteiger partial charge in [0.15, 0.2) is 0 Å². The number of H-pyrrole nitrogens is 1. The normalized spacial score (nSPS) is 12.8. The number of para-hydroxylation sites is 1. The monoisotopic (exact) mass is 237 g/mol. The summed E-state index contributed by atoms with van der Waals surface area (Å²) in [6.45, 7) is 0. The maximum absolute atomic E-state index is 13.2. The highest BCUT2D eigenvalue weighted by atomic mass is 19.1. The highest BCUT2D eigenvalue weighted by molar-refractivity contribution is 6.25. The molecule has 0 saturated heterocycles. The smallest absolute Gasteiger partial charge is 0.210 e. The molecule has 86 valence electrons. The summed E-state index contributed by atoms with van der Waals surface area (Å²) in [7, 11) is 0. The standard InChI is InChI=1S/C15H8FNO/c16-8-5-6-9-11(7-8)15(18)14-13(9)10-3-1-2-4-12(10)17-14/h1-7,17H. The lowest BCUT2D eigenvalue weighted by Crippen LogP contribution is -1.96. The molecule has 3 aromatic rings. The Balaban J connectivity index is 2.17. The van der Waals surface area contributed by atoms with Gasteiger partial charge in [0, 0.05) is 22.0 Å². The Morgan fingerprint density at radius 1 is 1.00 bits per heavy atom. The van der Waals surface area contributed by atoms with Gasteiger partial charge in [0.05, 0.1) is 5.69 Å². The molecule has 4 rings (SSSR count). The number of halogens is 1. The Morgan fingerprint density at radius 2 is 1.83 bits per heavy atom. The molecular formula is C15H8FNO. The van der Waals surface area contributed by atoms with Crippen LogP contribution in [-0.4, -0.2) is 10.8 Å². The molecule has 0 bridgehead atoms. The van der Waals surface area contributed by atoms with E-state index in [0.29, 0.717) is 11.3 Å². The highest BCUT2D eigenvalue weighted by Crippen LogP contribution is 2.41. The van der Waals surface area contributed by atoms with Crippen molar-refractivity contribution in [1.82, 2.24) is 4.98 Å². The minimum Gasteiger partial charge on any atom is -0.351 e. The second-order valence-electron chi connectivity index (χ2n) is 4.44. The summed E-state index contributed by atoms with van der Waals surface area (Å²) in [4.78, 5) is 15.3. The van der Waals surface area contributed by atoms with E-state index in [0.717, 1.165) is 22.0 Å². The van der Waals surface area contributed by atoms with Crippen molar-refractivity contribution in [2.45, 2.75) is 0 Å². The molecule has 3 heteroatoms. The van der Waals surface area contributed by atoms with Gasteiger partial charge in [0.2, 0.25) is 5.78 Å². The van der Waals surface area contributed by atoms with Crippen LogP contribution in [0.5, 0.6) is 0 Å². The summed E-state index contributed by atoms with van der Waals surface area (Å²) >= 11 is 0. The van der Waals surface area contributed by atoms with Gasteiger partial charge < -0.3 is 4.98 Å². The van der Waals surface area contributed by atoms with Crippen LogP contribution in [0, 0.1) is 5.82 Å². The third-order valence-corrected chi connectivity index (χ3v) is 3.43. The second kappa shape index (κ2) is 3.07. The third kappa shape index (κ3) is 1.03. The molecule has 18 heavy (non-hydrogen) atoms. The zero-order valence-corrected chi connectivity index (χ0v) is 9.33. The molecule has 1 aromatic heterocycles. The summed E-state index contributed by atoms with van der Waals surface area (Å²) in [6.07, 6.45) is 0. The molecule has 1 aliphatic carbocycles. The van der Waals surface area contributed by atoms with E-state index in [9.17, 15) is 9.18 Å². The van der Waals surface area contributed by atoms with Crippen molar-refractivity contribution in [2.24, 2.45) is 0 Å². The van der Waals surface area contributed by atoms with Crippen molar-refractivity contribution < 1.29 is 9.18 Å². The first-order valence-corrected chi connectivity index (χ1v) is 5.71. The predicted molar refractivity (Wildman–Crippen MR) is 67.1 cm³/mol. The van der Waals surface area contributed by atoms with Crippen LogP contribution in [0.25, 0.3) is 22.0 Å². The van der Waals surface area contributed by atoms with E-state index >= 15 is 0 Å². The Kier molecular flexibility index (Phi) is 1.64. The fraction of sp³-hybridized carbons (Fsp3) is 0. The maximum atomic E-state index is 13.2. The van der Waals surface area contributed by atoms with Gasteiger partial charge in [-0.3, -0.25) is 4.79 Å². The summed E-state index contributed by atoms with van der Waals surface area (Å²) in [5.74, 6) is -0.507. The zero-order valence-electron chi connectivity index (χ0n) is 9.33. The lowest BCUT2D eigenvalue weighted by molar-refractivity contribution is 0.103. The van der Waals surface area contributed by atoms with Crippen LogP contribution in [0.4, 0.5) is 4.39 Å². The van der Waals surface area contributed by atoms with Crippen molar-refractivity contribution in [2.75, 3.05) is 0 Å². The van der Waals surface area contributed by atoms with E-state index in [1.807, 2.05) is 24.3 Å². The van der Waals surface area contributed by atoms with Gasteiger partial charge in [-0.15, -0.1) is 0 Å². The minimum absolute atomic E-state index is 0.129. The Hall–Kier alpha value is -2.42. The predicted octanol–water partition coefficient (Wildman–Crippen LogP) is 3.52. The Bertz CT molecular complexity index is 816. The van der Waals surface area contributed by atoms with Crippen LogP contribution in [0.1, 0.15) is 16.1 Å². The fourth-order valence-electron chi connectivity index (χ4n) is 2.65. The molecule has 0 amide bonds. The molecule has 0 radical (unpaired) electrons. The van der Waals surface area contributed by atoms with Crippen molar-refractivity contribution in [3.8, 4) is 11.1 Å².